The van der Waals surface area contributed by atoms with Crippen molar-refractivity contribution in [3.63, 3.8) is 0 Å². The van der Waals surface area contributed by atoms with Crippen LogP contribution < -0.4 is 10.6 Å². The van der Waals surface area contributed by atoms with Crippen LogP contribution in [0.25, 0.3) is 11.1 Å². The third-order valence-corrected chi connectivity index (χ3v) is 6.98. The molecule has 0 radical (unpaired) electrons. The molecule has 0 unspecified atom stereocenters. The predicted molar refractivity (Wildman–Crippen MR) is 132 cm³/mol. The number of alkyl carbamates (subject to hydrolysis) is 1. The molecule has 178 valence electrons. The highest BCUT2D eigenvalue weighted by molar-refractivity contribution is 6.04. The van der Waals surface area contributed by atoms with E-state index in [1.54, 1.807) is 25.1 Å². The smallest absolute Gasteiger partial charge is 0.407 e. The number of fused-ring (bicyclic) bond motifs is 3. The molecule has 2 aliphatic carbocycles. The number of aryl methyl sites for hydroxylation is 1. The van der Waals surface area contributed by atoms with E-state index in [2.05, 4.69) is 34.9 Å². The number of carboxylic acid groups (broad SMARTS) is 1. The van der Waals surface area contributed by atoms with E-state index >= 15 is 0 Å². The molecular weight excluding hydrogens is 444 g/mol. The SMILES string of the molecule is Cc1cccc(NC(=O)C2(CNC(=O)OCC3c4ccccc4-c4ccccc43)CC2)c1C(=O)O. The standard InChI is InChI=1S/C28H26N2O5/c1-17-7-6-12-23(24(17)25(31)32)30-26(33)28(13-14-28)16-29-27(34)35-15-22-20-10-4-2-8-18(20)19-9-3-5-11-21(19)22/h2-12,22H,13-16H2,1H3,(H,29,34)(H,30,33)(H,31,32). The molecule has 2 amide bonds. The van der Waals surface area contributed by atoms with Gasteiger partial charge in [0.05, 0.1) is 16.7 Å². The van der Waals surface area contributed by atoms with Crippen molar-refractivity contribution in [2.45, 2.75) is 25.7 Å². The number of aromatic carboxylic acids is 1. The lowest BCUT2D eigenvalue weighted by Crippen LogP contribution is -2.38. The maximum absolute atomic E-state index is 12.9. The third kappa shape index (κ3) is 4.25. The Hall–Kier alpha value is -4.13. The van der Waals surface area contributed by atoms with Gasteiger partial charge in [0.2, 0.25) is 5.91 Å². The fourth-order valence-electron chi connectivity index (χ4n) is 4.84. The van der Waals surface area contributed by atoms with E-state index in [1.807, 2.05) is 24.3 Å². The highest BCUT2D eigenvalue weighted by Crippen LogP contribution is 2.46. The minimum absolute atomic E-state index is 0.0397. The summed E-state index contributed by atoms with van der Waals surface area (Å²) in [5.74, 6) is -1.44. The molecule has 5 rings (SSSR count). The average Bonchev–Trinajstić information content (AvgIpc) is 3.58. The van der Waals surface area contributed by atoms with Crippen molar-refractivity contribution >= 4 is 23.7 Å². The summed E-state index contributed by atoms with van der Waals surface area (Å²) in [6.45, 7) is 2.01. The van der Waals surface area contributed by atoms with Crippen LogP contribution in [-0.4, -0.2) is 36.2 Å². The van der Waals surface area contributed by atoms with Gasteiger partial charge in [-0.1, -0.05) is 60.7 Å². The zero-order chi connectivity index (χ0) is 24.6. The van der Waals surface area contributed by atoms with Gasteiger partial charge in [0, 0.05) is 12.5 Å². The lowest BCUT2D eigenvalue weighted by atomic mass is 9.98. The number of carbonyl (C=O) groups excluding carboxylic acids is 2. The van der Waals surface area contributed by atoms with E-state index in [9.17, 15) is 19.5 Å². The molecule has 0 spiro atoms. The molecule has 2 aliphatic rings. The van der Waals surface area contributed by atoms with Crippen molar-refractivity contribution in [2.75, 3.05) is 18.5 Å². The van der Waals surface area contributed by atoms with E-state index < -0.39 is 17.5 Å². The second-order valence-corrected chi connectivity index (χ2v) is 9.22. The van der Waals surface area contributed by atoms with Crippen molar-refractivity contribution < 1.29 is 24.2 Å². The summed E-state index contributed by atoms with van der Waals surface area (Å²) in [4.78, 5) is 37.1. The van der Waals surface area contributed by atoms with Crippen LogP contribution >= 0.6 is 0 Å². The molecule has 0 heterocycles. The number of hydrogen-bond donors (Lipinski definition) is 3. The number of carbonyl (C=O) groups is 3. The fraction of sp³-hybridized carbons (Fsp3) is 0.250. The molecule has 0 saturated heterocycles. The maximum Gasteiger partial charge on any atom is 0.407 e. The van der Waals surface area contributed by atoms with Crippen LogP contribution in [0.15, 0.2) is 66.7 Å². The third-order valence-electron chi connectivity index (χ3n) is 6.98. The highest BCUT2D eigenvalue weighted by atomic mass is 16.5. The molecular formula is C28H26N2O5. The van der Waals surface area contributed by atoms with Crippen molar-refractivity contribution in [1.82, 2.24) is 5.32 Å². The second kappa shape index (κ2) is 8.91. The monoisotopic (exact) mass is 470 g/mol. The summed E-state index contributed by atoms with van der Waals surface area (Å²) < 4.78 is 5.57. The van der Waals surface area contributed by atoms with Crippen molar-refractivity contribution in [1.29, 1.82) is 0 Å². The lowest BCUT2D eigenvalue weighted by molar-refractivity contribution is -0.120. The van der Waals surface area contributed by atoms with Gasteiger partial charge in [-0.25, -0.2) is 9.59 Å². The first-order valence-electron chi connectivity index (χ1n) is 11.6. The molecule has 0 aliphatic heterocycles. The molecule has 35 heavy (non-hydrogen) atoms. The number of hydrogen-bond acceptors (Lipinski definition) is 4. The van der Waals surface area contributed by atoms with Crippen LogP contribution in [0, 0.1) is 12.3 Å². The van der Waals surface area contributed by atoms with Gasteiger partial charge in [0.1, 0.15) is 6.61 Å². The molecule has 7 nitrogen and oxygen atoms in total. The number of carboxylic acids is 1. The van der Waals surface area contributed by atoms with Crippen LogP contribution in [0.2, 0.25) is 0 Å². The first-order chi connectivity index (χ1) is 16.9. The van der Waals surface area contributed by atoms with Gasteiger partial charge >= 0.3 is 12.1 Å². The van der Waals surface area contributed by atoms with E-state index in [0.717, 1.165) is 22.3 Å². The highest BCUT2D eigenvalue weighted by Gasteiger charge is 2.50. The summed E-state index contributed by atoms with van der Waals surface area (Å²) in [5.41, 5.74) is 4.71. The van der Waals surface area contributed by atoms with E-state index in [1.165, 1.54) is 0 Å². The van der Waals surface area contributed by atoms with Crippen LogP contribution in [0.4, 0.5) is 10.5 Å². The molecule has 1 saturated carbocycles. The molecule has 3 N–H and O–H groups in total. The number of rotatable bonds is 7. The molecule has 3 aromatic rings. The largest absolute Gasteiger partial charge is 0.478 e. The first kappa shape index (κ1) is 22.7. The molecule has 0 bridgehead atoms. The van der Waals surface area contributed by atoms with Gasteiger partial charge in [-0.05, 0) is 53.6 Å². The fourth-order valence-corrected chi connectivity index (χ4v) is 4.84. The lowest BCUT2D eigenvalue weighted by Gasteiger charge is -2.18. The van der Waals surface area contributed by atoms with Gasteiger partial charge < -0.3 is 20.5 Å². The zero-order valence-corrected chi connectivity index (χ0v) is 19.3. The normalized spacial score (nSPS) is 15.0. The molecule has 7 heteroatoms. The van der Waals surface area contributed by atoms with Gasteiger partial charge in [-0.2, -0.15) is 0 Å². The van der Waals surface area contributed by atoms with Gasteiger partial charge in [-0.3, -0.25) is 4.79 Å². The quantitative estimate of drug-likeness (QED) is 0.453. The van der Waals surface area contributed by atoms with Gasteiger partial charge in [0.25, 0.3) is 0 Å². The zero-order valence-electron chi connectivity index (χ0n) is 19.3. The second-order valence-electron chi connectivity index (χ2n) is 9.22. The number of anilines is 1. The minimum atomic E-state index is -1.10. The van der Waals surface area contributed by atoms with Crippen LogP contribution in [0.3, 0.4) is 0 Å². The summed E-state index contributed by atoms with van der Waals surface area (Å²) >= 11 is 0. The Morgan fingerprint density at radius 1 is 0.943 bits per heavy atom. The summed E-state index contributed by atoms with van der Waals surface area (Å²) in [6.07, 6.45) is 0.640. The molecule has 0 atom stereocenters. The Morgan fingerprint density at radius 3 is 2.17 bits per heavy atom. The molecule has 0 aromatic heterocycles. The first-order valence-corrected chi connectivity index (χ1v) is 11.6. The Labute approximate surface area is 203 Å². The van der Waals surface area contributed by atoms with Crippen molar-refractivity contribution in [2.24, 2.45) is 5.41 Å². The number of benzene rings is 3. The maximum atomic E-state index is 12.9. The van der Waals surface area contributed by atoms with Crippen LogP contribution in [-0.2, 0) is 9.53 Å². The van der Waals surface area contributed by atoms with Crippen molar-refractivity contribution in [3.8, 4) is 11.1 Å². The summed E-state index contributed by atoms with van der Waals surface area (Å²) in [6, 6.07) is 21.2. The Bertz CT molecular complexity index is 1280. The van der Waals surface area contributed by atoms with E-state index in [-0.39, 0.29) is 36.2 Å². The summed E-state index contributed by atoms with van der Waals surface area (Å²) in [5, 5.41) is 15.0. The van der Waals surface area contributed by atoms with Gasteiger partial charge in [-0.15, -0.1) is 0 Å². The topological polar surface area (TPSA) is 105 Å². The average molecular weight is 471 g/mol. The van der Waals surface area contributed by atoms with Crippen molar-refractivity contribution in [3.05, 3.63) is 89.0 Å². The van der Waals surface area contributed by atoms with Crippen LogP contribution in [0.5, 0.6) is 0 Å². The van der Waals surface area contributed by atoms with Crippen LogP contribution in [0.1, 0.15) is 45.8 Å². The van der Waals surface area contributed by atoms with E-state index in [4.69, 9.17) is 4.74 Å². The minimum Gasteiger partial charge on any atom is -0.478 e. The summed E-state index contributed by atoms with van der Waals surface area (Å²) in [7, 11) is 0. The predicted octanol–water partition coefficient (Wildman–Crippen LogP) is 4.95. The Kier molecular flexibility index (Phi) is 5.76. The molecule has 3 aromatic carbocycles. The Morgan fingerprint density at radius 2 is 1.57 bits per heavy atom. The van der Waals surface area contributed by atoms with Gasteiger partial charge in [0.15, 0.2) is 0 Å². The number of nitrogens with one attached hydrogen (secondary N) is 2. The Balaban J connectivity index is 1.20. The van der Waals surface area contributed by atoms with E-state index in [0.29, 0.717) is 18.4 Å². The number of amides is 2. The molecule has 1 fully saturated rings. The number of ether oxygens (including phenoxy) is 1.